The van der Waals surface area contributed by atoms with Crippen molar-refractivity contribution >= 4 is 11.9 Å². The number of aliphatic carboxylic acids is 1. The lowest BCUT2D eigenvalue weighted by Crippen LogP contribution is -2.15. The molecule has 0 aromatic rings. The molecule has 0 fully saturated rings. The van der Waals surface area contributed by atoms with Gasteiger partial charge in [0, 0.05) is 5.57 Å². The van der Waals surface area contributed by atoms with E-state index in [0.717, 1.165) is 25.7 Å². The SMILES string of the molecule is [CH2]C(C=C(CCCC)C(=O)O)C(=O)OCCCC. The molecule has 0 rings (SSSR count). The van der Waals surface area contributed by atoms with E-state index >= 15 is 0 Å². The van der Waals surface area contributed by atoms with E-state index in [9.17, 15) is 9.59 Å². The summed E-state index contributed by atoms with van der Waals surface area (Å²) in [5.41, 5.74) is 0.240. The third kappa shape index (κ3) is 7.09. The predicted octanol–water partition coefficient (Wildman–Crippen LogP) is 2.98. The zero-order valence-corrected chi connectivity index (χ0v) is 11.3. The Bertz CT molecular complexity index is 294. The first-order chi connectivity index (χ1) is 8.52. The molecule has 0 aromatic carbocycles. The standard InChI is InChI=1S/C14H23O4/c1-4-6-8-12(13(15)16)10-11(3)14(17)18-9-7-5-2/h10-11H,3-9H2,1-2H3,(H,15,16). The molecule has 0 aromatic heterocycles. The summed E-state index contributed by atoms with van der Waals surface area (Å²) in [6, 6.07) is 0. The quantitative estimate of drug-likeness (QED) is 0.391. The molecule has 4 nitrogen and oxygen atoms in total. The van der Waals surface area contributed by atoms with Crippen molar-refractivity contribution in [3.8, 4) is 0 Å². The molecule has 18 heavy (non-hydrogen) atoms. The second-order valence-electron chi connectivity index (χ2n) is 4.23. The van der Waals surface area contributed by atoms with Crippen molar-refractivity contribution in [1.29, 1.82) is 0 Å². The van der Waals surface area contributed by atoms with Crippen molar-refractivity contribution in [3.63, 3.8) is 0 Å². The van der Waals surface area contributed by atoms with Crippen molar-refractivity contribution < 1.29 is 19.4 Å². The van der Waals surface area contributed by atoms with Gasteiger partial charge in [-0.25, -0.2) is 4.79 Å². The number of carbonyl (C=O) groups is 2. The summed E-state index contributed by atoms with van der Waals surface area (Å²) in [5.74, 6) is -2.19. The number of carbonyl (C=O) groups excluding carboxylic acids is 1. The van der Waals surface area contributed by atoms with Crippen LogP contribution in [0.15, 0.2) is 11.6 Å². The third-order valence-corrected chi connectivity index (χ3v) is 2.52. The van der Waals surface area contributed by atoms with Crippen LogP contribution < -0.4 is 0 Å². The second-order valence-corrected chi connectivity index (χ2v) is 4.23. The van der Waals surface area contributed by atoms with Gasteiger partial charge in [-0.05, 0) is 26.2 Å². The Balaban J connectivity index is 4.39. The summed E-state index contributed by atoms with van der Waals surface area (Å²) >= 11 is 0. The van der Waals surface area contributed by atoms with Gasteiger partial charge in [-0.15, -0.1) is 0 Å². The molecule has 103 valence electrons. The number of carboxylic acid groups (broad SMARTS) is 1. The first kappa shape index (κ1) is 16.7. The van der Waals surface area contributed by atoms with Crippen LogP contribution in [0, 0.1) is 12.8 Å². The van der Waals surface area contributed by atoms with Crippen molar-refractivity contribution in [3.05, 3.63) is 18.6 Å². The number of hydrogen-bond acceptors (Lipinski definition) is 3. The number of esters is 1. The summed E-state index contributed by atoms with van der Waals surface area (Å²) in [7, 11) is 0. The Morgan fingerprint density at radius 3 is 2.39 bits per heavy atom. The van der Waals surface area contributed by atoms with Crippen molar-refractivity contribution in [2.45, 2.75) is 46.0 Å². The summed E-state index contributed by atoms with van der Waals surface area (Å²) in [6.07, 6.45) is 5.31. The van der Waals surface area contributed by atoms with Crippen molar-refractivity contribution in [2.75, 3.05) is 6.61 Å². The van der Waals surface area contributed by atoms with E-state index in [0.29, 0.717) is 13.0 Å². The molecule has 1 radical (unpaired) electrons. The molecule has 1 atom stereocenters. The van der Waals surface area contributed by atoms with Crippen LogP contribution in [-0.2, 0) is 14.3 Å². The van der Waals surface area contributed by atoms with Gasteiger partial charge in [0.25, 0.3) is 0 Å². The molecule has 0 aliphatic heterocycles. The van der Waals surface area contributed by atoms with E-state index in [1.54, 1.807) is 0 Å². The van der Waals surface area contributed by atoms with Crippen LogP contribution in [0.3, 0.4) is 0 Å². The highest BCUT2D eigenvalue weighted by Gasteiger charge is 2.15. The molecule has 0 saturated heterocycles. The van der Waals surface area contributed by atoms with Gasteiger partial charge in [-0.1, -0.05) is 32.8 Å². The Morgan fingerprint density at radius 1 is 1.28 bits per heavy atom. The lowest BCUT2D eigenvalue weighted by molar-refractivity contribution is -0.145. The van der Waals surface area contributed by atoms with E-state index in [4.69, 9.17) is 9.84 Å². The second kappa shape index (κ2) is 9.68. The predicted molar refractivity (Wildman–Crippen MR) is 70.0 cm³/mol. The minimum atomic E-state index is -0.988. The highest BCUT2D eigenvalue weighted by atomic mass is 16.5. The number of hydrogen-bond donors (Lipinski definition) is 1. The molecule has 0 aliphatic rings. The zero-order valence-electron chi connectivity index (χ0n) is 11.3. The fourth-order valence-electron chi connectivity index (χ4n) is 1.36. The normalized spacial score (nSPS) is 13.2. The lowest BCUT2D eigenvalue weighted by atomic mass is 10.0. The number of ether oxygens (including phenoxy) is 1. The summed E-state index contributed by atoms with van der Waals surface area (Å²) in [5, 5.41) is 9.00. The average molecular weight is 255 g/mol. The molecule has 1 N–H and O–H groups in total. The molecular weight excluding hydrogens is 232 g/mol. The maximum absolute atomic E-state index is 11.5. The van der Waals surface area contributed by atoms with Crippen LogP contribution in [0.1, 0.15) is 46.0 Å². The molecule has 0 heterocycles. The molecule has 0 bridgehead atoms. The van der Waals surface area contributed by atoms with E-state index in [2.05, 4.69) is 6.92 Å². The summed E-state index contributed by atoms with van der Waals surface area (Å²) < 4.78 is 4.99. The lowest BCUT2D eigenvalue weighted by Gasteiger charge is -2.09. The van der Waals surface area contributed by atoms with Crippen LogP contribution in [0.25, 0.3) is 0 Å². The van der Waals surface area contributed by atoms with Gasteiger partial charge in [0.15, 0.2) is 0 Å². The van der Waals surface area contributed by atoms with Crippen molar-refractivity contribution in [1.82, 2.24) is 0 Å². The topological polar surface area (TPSA) is 63.6 Å². The van der Waals surface area contributed by atoms with Crippen molar-refractivity contribution in [2.24, 2.45) is 5.92 Å². The van der Waals surface area contributed by atoms with Crippen LogP contribution >= 0.6 is 0 Å². The van der Waals surface area contributed by atoms with Crippen LogP contribution in [0.5, 0.6) is 0 Å². The first-order valence-electron chi connectivity index (χ1n) is 6.46. The third-order valence-electron chi connectivity index (χ3n) is 2.52. The minimum absolute atomic E-state index is 0.240. The molecule has 0 aliphatic carbocycles. The maximum atomic E-state index is 11.5. The molecule has 0 amide bonds. The van der Waals surface area contributed by atoms with Gasteiger partial charge >= 0.3 is 11.9 Å². The fraction of sp³-hybridized carbons (Fsp3) is 0.643. The van der Waals surface area contributed by atoms with E-state index in [1.165, 1.54) is 6.08 Å². The van der Waals surface area contributed by atoms with E-state index in [1.807, 2.05) is 13.8 Å². The zero-order chi connectivity index (χ0) is 14.0. The van der Waals surface area contributed by atoms with Gasteiger partial charge < -0.3 is 9.84 Å². The van der Waals surface area contributed by atoms with Gasteiger partial charge in [-0.3, -0.25) is 4.79 Å². The maximum Gasteiger partial charge on any atom is 0.331 e. The summed E-state index contributed by atoms with van der Waals surface area (Å²) in [4.78, 5) is 22.5. The fourth-order valence-corrected chi connectivity index (χ4v) is 1.36. The first-order valence-corrected chi connectivity index (χ1v) is 6.46. The number of unbranched alkanes of at least 4 members (excludes halogenated alkanes) is 2. The Labute approximate surface area is 109 Å². The molecule has 0 saturated carbocycles. The highest BCUT2D eigenvalue weighted by molar-refractivity contribution is 5.88. The summed E-state index contributed by atoms with van der Waals surface area (Å²) in [6.45, 7) is 7.99. The van der Waals surface area contributed by atoms with Gasteiger partial charge in [0.1, 0.15) is 0 Å². The van der Waals surface area contributed by atoms with Gasteiger partial charge in [0.05, 0.1) is 12.5 Å². The molecule has 4 heteroatoms. The molecule has 1 unspecified atom stereocenters. The highest BCUT2D eigenvalue weighted by Crippen LogP contribution is 2.12. The van der Waals surface area contributed by atoms with Crippen LogP contribution in [-0.4, -0.2) is 23.7 Å². The average Bonchev–Trinajstić information content (AvgIpc) is 2.33. The van der Waals surface area contributed by atoms with Crippen LogP contribution in [0.4, 0.5) is 0 Å². The van der Waals surface area contributed by atoms with E-state index in [-0.39, 0.29) is 5.57 Å². The minimum Gasteiger partial charge on any atom is -0.478 e. The largest absolute Gasteiger partial charge is 0.478 e. The smallest absolute Gasteiger partial charge is 0.331 e. The monoisotopic (exact) mass is 255 g/mol. The van der Waals surface area contributed by atoms with Gasteiger partial charge in [0.2, 0.25) is 0 Å². The Kier molecular flexibility index (Phi) is 8.97. The molecular formula is C14H23O4. The van der Waals surface area contributed by atoms with Gasteiger partial charge in [-0.2, -0.15) is 0 Å². The number of rotatable bonds is 9. The number of carboxylic acids is 1. The Hall–Kier alpha value is -1.32. The Morgan fingerprint density at radius 2 is 1.89 bits per heavy atom. The molecule has 0 spiro atoms. The van der Waals surface area contributed by atoms with E-state index < -0.39 is 17.9 Å². The van der Waals surface area contributed by atoms with Crippen LogP contribution in [0.2, 0.25) is 0 Å².